The highest BCUT2D eigenvalue weighted by Gasteiger charge is 2.42. The Labute approximate surface area is 113 Å². The van der Waals surface area contributed by atoms with E-state index in [-0.39, 0.29) is 4.90 Å². The van der Waals surface area contributed by atoms with Crippen LogP contribution in [0.2, 0.25) is 0 Å². The van der Waals surface area contributed by atoms with E-state index >= 15 is 0 Å². The van der Waals surface area contributed by atoms with Crippen molar-refractivity contribution in [3.63, 3.8) is 0 Å². The predicted molar refractivity (Wildman–Crippen MR) is 71.6 cm³/mol. The number of nitrogens with zero attached hydrogens (tertiary/aromatic N) is 1. The first-order valence-electron chi connectivity index (χ1n) is 6.37. The van der Waals surface area contributed by atoms with Crippen molar-refractivity contribution in [1.82, 2.24) is 4.31 Å². The molecule has 0 amide bonds. The predicted octanol–water partition coefficient (Wildman–Crippen LogP) is 1.72. The minimum Gasteiger partial charge on any atom is -0.329 e. The van der Waals surface area contributed by atoms with Crippen LogP contribution >= 0.6 is 0 Å². The molecule has 1 aliphatic rings. The van der Waals surface area contributed by atoms with E-state index in [1.807, 2.05) is 0 Å². The van der Waals surface area contributed by atoms with Gasteiger partial charge in [0.05, 0.1) is 4.90 Å². The van der Waals surface area contributed by atoms with Crippen LogP contribution in [0.1, 0.15) is 25.7 Å². The van der Waals surface area contributed by atoms with Crippen molar-refractivity contribution in [2.75, 3.05) is 13.6 Å². The molecule has 0 heterocycles. The summed E-state index contributed by atoms with van der Waals surface area (Å²) >= 11 is 0. The first-order valence-corrected chi connectivity index (χ1v) is 7.81. The first kappa shape index (κ1) is 14.4. The highest BCUT2D eigenvalue weighted by molar-refractivity contribution is 7.89. The van der Waals surface area contributed by atoms with Crippen LogP contribution in [-0.2, 0) is 10.0 Å². The third kappa shape index (κ3) is 2.52. The van der Waals surface area contributed by atoms with E-state index in [1.54, 1.807) is 7.05 Å². The number of rotatable bonds is 4. The Bertz CT molecular complexity index is 536. The van der Waals surface area contributed by atoms with E-state index in [4.69, 9.17) is 5.73 Å². The molecule has 4 nitrogen and oxygen atoms in total. The van der Waals surface area contributed by atoms with Crippen LogP contribution < -0.4 is 5.73 Å². The summed E-state index contributed by atoms with van der Waals surface area (Å²) in [5.74, 6) is -0.448. The molecule has 1 aromatic rings. The quantitative estimate of drug-likeness (QED) is 0.916. The fourth-order valence-corrected chi connectivity index (χ4v) is 4.26. The summed E-state index contributed by atoms with van der Waals surface area (Å²) in [4.78, 5) is 0.108. The van der Waals surface area contributed by atoms with E-state index in [1.165, 1.54) is 16.4 Å². The second-order valence-corrected chi connectivity index (χ2v) is 7.03. The third-order valence-corrected chi connectivity index (χ3v) is 6.03. The van der Waals surface area contributed by atoms with Crippen molar-refractivity contribution < 1.29 is 12.8 Å². The van der Waals surface area contributed by atoms with E-state index in [9.17, 15) is 12.8 Å². The smallest absolute Gasteiger partial charge is 0.243 e. The molecule has 1 saturated carbocycles. The molecule has 0 atom stereocenters. The highest BCUT2D eigenvalue weighted by atomic mass is 32.2. The number of likely N-dealkylation sites (N-methyl/N-ethyl adjacent to an activating group) is 1. The zero-order valence-corrected chi connectivity index (χ0v) is 11.8. The normalized spacial score (nSPS) is 18.9. The average Bonchev–Trinajstić information content (AvgIpc) is 2.88. The fraction of sp³-hybridized carbons (Fsp3) is 0.538. The van der Waals surface area contributed by atoms with Gasteiger partial charge in [-0.05, 0) is 37.1 Å². The van der Waals surface area contributed by atoms with Crippen molar-refractivity contribution in [2.24, 2.45) is 5.73 Å². The largest absolute Gasteiger partial charge is 0.329 e. The Morgan fingerprint density at radius 3 is 2.26 bits per heavy atom. The average molecular weight is 286 g/mol. The molecule has 6 heteroatoms. The van der Waals surface area contributed by atoms with Gasteiger partial charge < -0.3 is 5.73 Å². The zero-order valence-electron chi connectivity index (χ0n) is 11.0. The van der Waals surface area contributed by atoms with Crippen LogP contribution in [0.3, 0.4) is 0 Å². The Morgan fingerprint density at radius 1 is 1.26 bits per heavy atom. The van der Waals surface area contributed by atoms with Gasteiger partial charge in [-0.25, -0.2) is 12.8 Å². The Hall–Kier alpha value is -0.980. The number of halogens is 1. The number of sulfonamides is 1. The number of benzene rings is 1. The van der Waals surface area contributed by atoms with Gasteiger partial charge in [0.2, 0.25) is 10.0 Å². The van der Waals surface area contributed by atoms with E-state index in [2.05, 4.69) is 0 Å². The molecule has 0 spiro atoms. The molecule has 2 rings (SSSR count). The minimum absolute atomic E-state index is 0.108. The van der Waals surface area contributed by atoms with Crippen molar-refractivity contribution in [3.8, 4) is 0 Å². The van der Waals surface area contributed by atoms with Gasteiger partial charge in [0.1, 0.15) is 5.82 Å². The zero-order chi connectivity index (χ0) is 14.1. The van der Waals surface area contributed by atoms with Gasteiger partial charge in [0.25, 0.3) is 0 Å². The topological polar surface area (TPSA) is 63.4 Å². The Kier molecular flexibility index (Phi) is 3.94. The van der Waals surface area contributed by atoms with Crippen molar-refractivity contribution in [1.29, 1.82) is 0 Å². The van der Waals surface area contributed by atoms with Crippen molar-refractivity contribution in [2.45, 2.75) is 36.1 Å². The lowest BCUT2D eigenvalue weighted by Gasteiger charge is -2.36. The molecule has 19 heavy (non-hydrogen) atoms. The molecular weight excluding hydrogens is 267 g/mol. The molecule has 1 aliphatic carbocycles. The number of nitrogens with two attached hydrogens (primary N) is 1. The van der Waals surface area contributed by atoms with Gasteiger partial charge in [-0.15, -0.1) is 0 Å². The summed E-state index contributed by atoms with van der Waals surface area (Å²) in [5, 5.41) is 0. The van der Waals surface area contributed by atoms with Gasteiger partial charge >= 0.3 is 0 Å². The Morgan fingerprint density at radius 2 is 1.79 bits per heavy atom. The molecule has 0 aromatic heterocycles. The Balaban J connectivity index is 2.36. The maximum Gasteiger partial charge on any atom is 0.243 e. The molecule has 0 radical (unpaired) electrons. The third-order valence-electron chi connectivity index (χ3n) is 4.05. The van der Waals surface area contributed by atoms with Gasteiger partial charge in [-0.2, -0.15) is 4.31 Å². The standard InChI is InChI=1S/C13H19FN2O2S/c1-16(13(10-15)8-2-3-9-13)19(17,18)12-6-4-11(14)5-7-12/h4-7H,2-3,8-10,15H2,1H3. The first-order chi connectivity index (χ1) is 8.92. The van der Waals surface area contributed by atoms with Crippen molar-refractivity contribution >= 4 is 10.0 Å². The van der Waals surface area contributed by atoms with Gasteiger partial charge in [-0.3, -0.25) is 0 Å². The maximum absolute atomic E-state index is 12.9. The second-order valence-electron chi connectivity index (χ2n) is 5.06. The lowest BCUT2D eigenvalue weighted by molar-refractivity contribution is 0.230. The van der Waals surface area contributed by atoms with Gasteiger partial charge in [-0.1, -0.05) is 12.8 Å². The summed E-state index contributed by atoms with van der Waals surface area (Å²) < 4.78 is 39.4. The second kappa shape index (κ2) is 5.19. The molecule has 0 aliphatic heterocycles. The van der Waals surface area contributed by atoms with Crippen LogP contribution in [0.25, 0.3) is 0 Å². The van der Waals surface area contributed by atoms with Crippen LogP contribution in [0, 0.1) is 5.82 Å². The van der Waals surface area contributed by atoms with Crippen LogP contribution in [0.4, 0.5) is 4.39 Å². The van der Waals surface area contributed by atoms with Crippen molar-refractivity contribution in [3.05, 3.63) is 30.1 Å². The summed E-state index contributed by atoms with van der Waals surface area (Å²) in [7, 11) is -2.06. The molecule has 2 N–H and O–H groups in total. The summed E-state index contributed by atoms with van der Waals surface area (Å²) in [6, 6.07) is 4.90. The molecule has 0 unspecified atom stereocenters. The maximum atomic E-state index is 12.9. The molecule has 0 saturated heterocycles. The minimum atomic E-state index is -3.62. The molecule has 1 fully saturated rings. The van der Waals surface area contributed by atoms with Crippen LogP contribution in [0.15, 0.2) is 29.2 Å². The summed E-state index contributed by atoms with van der Waals surface area (Å²) in [6.07, 6.45) is 3.53. The number of hydrogen-bond acceptors (Lipinski definition) is 3. The summed E-state index contributed by atoms with van der Waals surface area (Å²) in [6.45, 7) is 0.309. The fourth-order valence-electron chi connectivity index (χ4n) is 2.70. The van der Waals surface area contributed by atoms with Gasteiger partial charge in [0, 0.05) is 19.1 Å². The molecule has 1 aromatic carbocycles. The SMILES string of the molecule is CN(C1(CN)CCCC1)S(=O)(=O)c1ccc(F)cc1. The summed E-state index contributed by atoms with van der Waals surface area (Å²) in [5.41, 5.74) is 5.31. The monoisotopic (exact) mass is 286 g/mol. The lowest BCUT2D eigenvalue weighted by atomic mass is 9.98. The van der Waals surface area contributed by atoms with Crippen LogP contribution in [0.5, 0.6) is 0 Å². The van der Waals surface area contributed by atoms with Gasteiger partial charge in [0.15, 0.2) is 0 Å². The highest BCUT2D eigenvalue weighted by Crippen LogP contribution is 2.36. The number of hydrogen-bond donors (Lipinski definition) is 1. The van der Waals surface area contributed by atoms with E-state index < -0.39 is 21.4 Å². The molecule has 0 bridgehead atoms. The van der Waals surface area contributed by atoms with E-state index in [0.717, 1.165) is 37.8 Å². The molecule has 106 valence electrons. The van der Waals surface area contributed by atoms with Crippen LogP contribution in [-0.4, -0.2) is 31.9 Å². The molecular formula is C13H19FN2O2S. The lowest BCUT2D eigenvalue weighted by Crippen LogP contribution is -2.52. The van der Waals surface area contributed by atoms with E-state index in [0.29, 0.717) is 6.54 Å².